The zero-order valence-electron chi connectivity index (χ0n) is 14.1. The first kappa shape index (κ1) is 16.3. The normalized spacial score (nSPS) is 13.6. The minimum Gasteiger partial charge on any atom is -0.323 e. The highest BCUT2D eigenvalue weighted by Crippen LogP contribution is 2.32. The van der Waals surface area contributed by atoms with E-state index in [9.17, 15) is 14.0 Å². The van der Waals surface area contributed by atoms with Crippen molar-refractivity contribution in [3.8, 4) is 0 Å². The monoisotopic (exact) mass is 352 g/mol. The molecule has 0 unspecified atom stereocenters. The zero-order valence-corrected chi connectivity index (χ0v) is 14.1. The van der Waals surface area contributed by atoms with Crippen LogP contribution >= 0.6 is 0 Å². The number of halogens is 1. The number of carbonyl (C=O) groups excluding carboxylic acids is 2. The van der Waals surface area contributed by atoms with E-state index in [1.54, 1.807) is 23.7 Å². The first-order valence-corrected chi connectivity index (χ1v) is 8.37. The molecule has 6 nitrogen and oxygen atoms in total. The van der Waals surface area contributed by atoms with Crippen LogP contribution in [-0.4, -0.2) is 21.4 Å². The van der Waals surface area contributed by atoms with Gasteiger partial charge >= 0.3 is 0 Å². The average Bonchev–Trinajstić information content (AvgIpc) is 3.38. The van der Waals surface area contributed by atoms with Crippen molar-refractivity contribution in [2.45, 2.75) is 19.8 Å². The molecule has 4 rings (SSSR count). The van der Waals surface area contributed by atoms with Gasteiger partial charge in [0.1, 0.15) is 5.82 Å². The highest BCUT2D eigenvalue weighted by atomic mass is 19.1. The molecule has 1 saturated carbocycles. The van der Waals surface area contributed by atoms with E-state index in [1.807, 2.05) is 12.1 Å². The lowest BCUT2D eigenvalue weighted by atomic mass is 10.1. The Kier molecular flexibility index (Phi) is 3.91. The number of fused-ring (bicyclic) bond motifs is 1. The number of aryl methyl sites for hydroxylation is 1. The highest BCUT2D eigenvalue weighted by Gasteiger charge is 2.30. The molecular weight excluding hydrogens is 335 g/mol. The van der Waals surface area contributed by atoms with Crippen LogP contribution in [-0.2, 0) is 4.79 Å². The lowest BCUT2D eigenvalue weighted by molar-refractivity contribution is -0.117. The summed E-state index contributed by atoms with van der Waals surface area (Å²) in [6.45, 7) is 1.70. The fourth-order valence-corrected chi connectivity index (χ4v) is 2.78. The number of rotatable bonds is 4. The van der Waals surface area contributed by atoms with Crippen molar-refractivity contribution in [3.05, 3.63) is 59.7 Å². The summed E-state index contributed by atoms with van der Waals surface area (Å²) in [7, 11) is 0. The van der Waals surface area contributed by atoms with Crippen molar-refractivity contribution in [1.82, 2.24) is 9.61 Å². The molecule has 7 heteroatoms. The Morgan fingerprint density at radius 2 is 2.00 bits per heavy atom. The molecule has 2 amide bonds. The van der Waals surface area contributed by atoms with E-state index in [1.165, 1.54) is 18.3 Å². The van der Waals surface area contributed by atoms with Crippen LogP contribution in [0.3, 0.4) is 0 Å². The van der Waals surface area contributed by atoms with Crippen LogP contribution in [0.25, 0.3) is 5.52 Å². The van der Waals surface area contributed by atoms with E-state index in [-0.39, 0.29) is 23.4 Å². The molecule has 1 aromatic carbocycles. The van der Waals surface area contributed by atoms with Crippen LogP contribution in [0, 0.1) is 18.7 Å². The Hall–Kier alpha value is -3.22. The lowest BCUT2D eigenvalue weighted by Crippen LogP contribution is -2.16. The van der Waals surface area contributed by atoms with E-state index >= 15 is 0 Å². The zero-order chi connectivity index (χ0) is 18.3. The number of benzene rings is 1. The quantitative estimate of drug-likeness (QED) is 0.756. The third-order valence-electron chi connectivity index (χ3n) is 4.44. The van der Waals surface area contributed by atoms with Crippen LogP contribution < -0.4 is 10.6 Å². The Bertz CT molecular complexity index is 1020. The van der Waals surface area contributed by atoms with Crippen molar-refractivity contribution >= 4 is 28.7 Å². The summed E-state index contributed by atoms with van der Waals surface area (Å²) in [5.74, 6) is -1.09. The number of hydrogen-bond acceptors (Lipinski definition) is 3. The number of pyridine rings is 1. The molecule has 0 saturated heterocycles. The maximum absolute atomic E-state index is 14.2. The Labute approximate surface area is 149 Å². The van der Waals surface area contributed by atoms with Gasteiger partial charge in [-0.05, 0) is 49.6 Å². The van der Waals surface area contributed by atoms with E-state index in [2.05, 4.69) is 15.7 Å². The Morgan fingerprint density at radius 3 is 2.77 bits per heavy atom. The summed E-state index contributed by atoms with van der Waals surface area (Å²) in [5.41, 5.74) is 2.17. The number of anilines is 2. The van der Waals surface area contributed by atoms with Gasteiger partial charge in [0.2, 0.25) is 5.91 Å². The highest BCUT2D eigenvalue weighted by molar-refractivity contribution is 6.09. The number of aromatic nitrogens is 2. The van der Waals surface area contributed by atoms with Gasteiger partial charge in [0.25, 0.3) is 5.91 Å². The second kappa shape index (κ2) is 6.25. The van der Waals surface area contributed by atoms with Crippen molar-refractivity contribution in [2.24, 2.45) is 5.92 Å². The first-order valence-electron chi connectivity index (χ1n) is 8.37. The van der Waals surface area contributed by atoms with Crippen LogP contribution in [0.2, 0.25) is 0 Å². The van der Waals surface area contributed by atoms with Gasteiger partial charge in [0, 0.05) is 17.8 Å². The minimum absolute atomic E-state index is 0.0347. The Morgan fingerprint density at radius 1 is 1.19 bits per heavy atom. The molecular formula is C19H17FN4O2. The maximum atomic E-state index is 14.2. The smallest absolute Gasteiger partial charge is 0.259 e. The van der Waals surface area contributed by atoms with Crippen LogP contribution in [0.15, 0.2) is 42.7 Å². The van der Waals surface area contributed by atoms with Gasteiger partial charge in [-0.25, -0.2) is 8.91 Å². The second-order valence-corrected chi connectivity index (χ2v) is 6.45. The Balaban J connectivity index is 1.60. The van der Waals surface area contributed by atoms with Crippen molar-refractivity contribution in [3.63, 3.8) is 0 Å². The number of nitrogens with one attached hydrogen (secondary N) is 2. The molecule has 1 fully saturated rings. The number of carbonyl (C=O) groups is 2. The molecule has 2 N–H and O–H groups in total. The van der Waals surface area contributed by atoms with Gasteiger partial charge in [-0.2, -0.15) is 5.10 Å². The van der Waals surface area contributed by atoms with Crippen molar-refractivity contribution in [1.29, 1.82) is 0 Å². The van der Waals surface area contributed by atoms with E-state index in [0.29, 0.717) is 22.3 Å². The van der Waals surface area contributed by atoms with Crippen LogP contribution in [0.4, 0.5) is 15.8 Å². The van der Waals surface area contributed by atoms with Crippen molar-refractivity contribution < 1.29 is 14.0 Å². The number of amides is 2. The molecule has 0 bridgehead atoms. The fraction of sp³-hybridized carbons (Fsp3) is 0.211. The largest absolute Gasteiger partial charge is 0.323 e. The lowest BCUT2D eigenvalue weighted by Gasteiger charge is -2.12. The van der Waals surface area contributed by atoms with Gasteiger partial charge in [0.05, 0.1) is 23.0 Å². The van der Waals surface area contributed by atoms with Crippen LogP contribution in [0.1, 0.15) is 28.8 Å². The molecule has 0 radical (unpaired) electrons. The first-order chi connectivity index (χ1) is 12.5. The molecule has 132 valence electrons. The van der Waals surface area contributed by atoms with Gasteiger partial charge < -0.3 is 10.6 Å². The van der Waals surface area contributed by atoms with E-state index in [4.69, 9.17) is 0 Å². The topological polar surface area (TPSA) is 75.5 Å². The maximum Gasteiger partial charge on any atom is 0.259 e. The SMILES string of the molecule is Cc1cc(F)c(NC(=O)C2CC2)cc1NC(=O)c1cnn2ccccc12. The second-order valence-electron chi connectivity index (χ2n) is 6.45. The van der Waals surface area contributed by atoms with Gasteiger partial charge in [-0.3, -0.25) is 9.59 Å². The molecule has 0 aliphatic heterocycles. The van der Waals surface area contributed by atoms with Crippen molar-refractivity contribution in [2.75, 3.05) is 10.6 Å². The summed E-state index contributed by atoms with van der Waals surface area (Å²) in [6.07, 6.45) is 4.90. The third kappa shape index (κ3) is 3.03. The summed E-state index contributed by atoms with van der Waals surface area (Å²) in [5, 5.41) is 9.52. The van der Waals surface area contributed by atoms with Gasteiger partial charge in [-0.1, -0.05) is 6.07 Å². The summed E-state index contributed by atoms with van der Waals surface area (Å²) in [6, 6.07) is 8.19. The standard InChI is InChI=1S/C19H17FN4O2/c1-11-8-14(20)16(23-18(25)12-5-6-12)9-15(11)22-19(26)13-10-21-24-7-3-2-4-17(13)24/h2-4,7-10,12H,5-6H2,1H3,(H,22,26)(H,23,25). The molecule has 3 aromatic rings. The molecule has 0 atom stereocenters. The third-order valence-corrected chi connectivity index (χ3v) is 4.44. The predicted octanol–water partition coefficient (Wildman–Crippen LogP) is 3.38. The summed E-state index contributed by atoms with van der Waals surface area (Å²) < 4.78 is 15.8. The van der Waals surface area contributed by atoms with E-state index in [0.717, 1.165) is 12.8 Å². The fourth-order valence-electron chi connectivity index (χ4n) is 2.78. The molecule has 1 aliphatic rings. The average molecular weight is 352 g/mol. The molecule has 1 aliphatic carbocycles. The molecule has 0 spiro atoms. The van der Waals surface area contributed by atoms with E-state index < -0.39 is 5.82 Å². The number of nitrogens with zero attached hydrogens (tertiary/aromatic N) is 2. The minimum atomic E-state index is -0.523. The van der Waals surface area contributed by atoms with Crippen LogP contribution in [0.5, 0.6) is 0 Å². The predicted molar refractivity (Wildman–Crippen MR) is 95.6 cm³/mol. The molecule has 26 heavy (non-hydrogen) atoms. The van der Waals surface area contributed by atoms with Gasteiger partial charge in [-0.15, -0.1) is 0 Å². The summed E-state index contributed by atoms with van der Waals surface area (Å²) in [4.78, 5) is 24.5. The van der Waals surface area contributed by atoms with Gasteiger partial charge in [0.15, 0.2) is 0 Å². The summed E-state index contributed by atoms with van der Waals surface area (Å²) >= 11 is 0. The number of hydrogen-bond donors (Lipinski definition) is 2. The molecule has 2 heterocycles. The molecule has 2 aromatic heterocycles.